The summed E-state index contributed by atoms with van der Waals surface area (Å²) in [6.45, 7) is 2.45. The molecule has 1 heterocycles. The van der Waals surface area contributed by atoms with E-state index in [1.54, 1.807) is 18.5 Å². The summed E-state index contributed by atoms with van der Waals surface area (Å²) < 4.78 is 0. The largest absolute Gasteiger partial charge is 0.395 e. The molecule has 0 unspecified atom stereocenters. The number of aromatic nitrogens is 1. The van der Waals surface area contributed by atoms with Crippen LogP contribution in [0, 0.1) is 11.8 Å². The molecule has 4 heteroatoms. The Kier molecular flexibility index (Phi) is 5.03. The minimum atomic E-state index is -0.154. The Morgan fingerprint density at radius 2 is 2.44 bits per heavy atom. The first-order chi connectivity index (χ1) is 7.79. The number of nitrogens with one attached hydrogen (secondary N) is 1. The first-order valence-electron chi connectivity index (χ1n) is 5.11. The number of rotatable bonds is 3. The van der Waals surface area contributed by atoms with Crippen LogP contribution in [-0.4, -0.2) is 29.1 Å². The summed E-state index contributed by atoms with van der Waals surface area (Å²) in [5.41, 5.74) is 1.10. The fourth-order valence-corrected chi connectivity index (χ4v) is 1.16. The van der Waals surface area contributed by atoms with E-state index in [0.717, 1.165) is 0 Å². The van der Waals surface area contributed by atoms with Gasteiger partial charge in [-0.05, 0) is 13.0 Å². The Hall–Kier alpha value is -1.86. The molecule has 0 aliphatic carbocycles. The van der Waals surface area contributed by atoms with E-state index in [1.807, 2.05) is 6.92 Å². The average molecular weight is 218 g/mol. The highest BCUT2D eigenvalue weighted by Gasteiger charge is 2.07. The number of aliphatic hydroxyl groups is 1. The fraction of sp³-hybridized carbons (Fsp3) is 0.333. The molecule has 0 bridgehead atoms. The molecule has 0 radical (unpaired) electrons. The molecule has 0 aliphatic rings. The Morgan fingerprint density at radius 3 is 3.12 bits per heavy atom. The van der Waals surface area contributed by atoms with Crippen molar-refractivity contribution in [3.63, 3.8) is 0 Å². The second-order valence-corrected chi connectivity index (χ2v) is 3.06. The molecule has 0 atom stereocenters. The van der Waals surface area contributed by atoms with E-state index in [-0.39, 0.29) is 12.5 Å². The van der Waals surface area contributed by atoms with E-state index in [0.29, 0.717) is 24.1 Å². The monoisotopic (exact) mass is 218 g/mol. The summed E-state index contributed by atoms with van der Waals surface area (Å²) in [5.74, 6) is 5.43. The van der Waals surface area contributed by atoms with Gasteiger partial charge in [0, 0.05) is 25.4 Å². The number of carbonyl (C=O) groups is 1. The number of hydrogen-bond acceptors (Lipinski definition) is 3. The lowest BCUT2D eigenvalue weighted by atomic mass is 10.1. The second kappa shape index (κ2) is 6.59. The maximum Gasteiger partial charge on any atom is 0.252 e. The third-order valence-electron chi connectivity index (χ3n) is 1.86. The number of hydrogen-bond donors (Lipinski definition) is 2. The number of pyridine rings is 1. The van der Waals surface area contributed by atoms with Gasteiger partial charge in [-0.2, -0.15) is 0 Å². The van der Waals surface area contributed by atoms with Crippen molar-refractivity contribution < 1.29 is 9.90 Å². The minimum absolute atomic E-state index is 0.0176. The minimum Gasteiger partial charge on any atom is -0.395 e. The van der Waals surface area contributed by atoms with Crippen LogP contribution in [0.3, 0.4) is 0 Å². The van der Waals surface area contributed by atoms with Gasteiger partial charge in [-0.25, -0.2) is 0 Å². The van der Waals surface area contributed by atoms with Gasteiger partial charge < -0.3 is 10.4 Å². The van der Waals surface area contributed by atoms with Crippen LogP contribution in [0.5, 0.6) is 0 Å². The van der Waals surface area contributed by atoms with E-state index < -0.39 is 0 Å². The van der Waals surface area contributed by atoms with Crippen LogP contribution < -0.4 is 5.32 Å². The zero-order valence-corrected chi connectivity index (χ0v) is 9.16. The molecule has 1 rings (SSSR count). The van der Waals surface area contributed by atoms with Gasteiger partial charge in [-0.15, -0.1) is 0 Å². The van der Waals surface area contributed by atoms with Gasteiger partial charge in [0.1, 0.15) is 0 Å². The highest BCUT2D eigenvalue weighted by molar-refractivity contribution is 5.96. The summed E-state index contributed by atoms with van der Waals surface area (Å²) in [4.78, 5) is 15.6. The summed E-state index contributed by atoms with van der Waals surface area (Å²) in [6.07, 6.45) is 3.50. The Balaban J connectivity index is 2.93. The highest BCUT2D eigenvalue weighted by Crippen LogP contribution is 2.05. The van der Waals surface area contributed by atoms with E-state index in [4.69, 9.17) is 5.11 Å². The molecular weight excluding hydrogens is 204 g/mol. The molecule has 0 fully saturated rings. The molecule has 0 aromatic carbocycles. The predicted octanol–water partition coefficient (Wildman–Crippen LogP) is 0.565. The molecule has 1 aromatic heterocycles. The van der Waals surface area contributed by atoms with Crippen molar-refractivity contribution in [2.75, 3.05) is 13.2 Å². The first kappa shape index (κ1) is 12.2. The average Bonchev–Trinajstić information content (AvgIpc) is 2.30. The summed E-state index contributed by atoms with van der Waals surface area (Å²) in [6, 6.07) is 1.63. The standard InChI is InChI=1S/C12H14N2O2/c1-2-14-12(16)11-6-7-13-9-10(11)5-3-4-8-15/h6-7,9,15H,2,4,8H2,1H3,(H,14,16). The summed E-state index contributed by atoms with van der Waals surface area (Å²) in [7, 11) is 0. The van der Waals surface area contributed by atoms with Crippen LogP contribution in [0.4, 0.5) is 0 Å². The van der Waals surface area contributed by atoms with Crippen LogP contribution in [0.2, 0.25) is 0 Å². The van der Waals surface area contributed by atoms with Crippen molar-refractivity contribution in [3.8, 4) is 11.8 Å². The zero-order valence-electron chi connectivity index (χ0n) is 9.16. The topological polar surface area (TPSA) is 62.2 Å². The normalized spacial score (nSPS) is 9.12. The molecule has 0 saturated carbocycles. The van der Waals surface area contributed by atoms with E-state index >= 15 is 0 Å². The SMILES string of the molecule is CCNC(=O)c1ccncc1C#CCCO. The molecule has 4 nitrogen and oxygen atoms in total. The van der Waals surface area contributed by atoms with Crippen LogP contribution in [0.25, 0.3) is 0 Å². The fourth-order valence-electron chi connectivity index (χ4n) is 1.16. The summed E-state index contributed by atoms with van der Waals surface area (Å²) >= 11 is 0. The van der Waals surface area contributed by atoms with Gasteiger partial charge in [-0.3, -0.25) is 9.78 Å². The molecule has 84 valence electrons. The van der Waals surface area contributed by atoms with Crippen molar-refractivity contribution in [1.82, 2.24) is 10.3 Å². The lowest BCUT2D eigenvalue weighted by Crippen LogP contribution is -2.23. The van der Waals surface area contributed by atoms with E-state index in [1.165, 1.54) is 0 Å². The molecular formula is C12H14N2O2. The van der Waals surface area contributed by atoms with Crippen LogP contribution in [-0.2, 0) is 0 Å². The van der Waals surface area contributed by atoms with Crippen molar-refractivity contribution in [2.45, 2.75) is 13.3 Å². The lowest BCUT2D eigenvalue weighted by Gasteiger charge is -2.03. The van der Waals surface area contributed by atoms with Crippen molar-refractivity contribution in [1.29, 1.82) is 0 Å². The smallest absolute Gasteiger partial charge is 0.252 e. The van der Waals surface area contributed by atoms with Crippen LogP contribution in [0.1, 0.15) is 29.3 Å². The Morgan fingerprint density at radius 1 is 1.62 bits per heavy atom. The molecule has 2 N–H and O–H groups in total. The number of aliphatic hydroxyl groups excluding tert-OH is 1. The first-order valence-corrected chi connectivity index (χ1v) is 5.11. The predicted molar refractivity (Wildman–Crippen MR) is 60.8 cm³/mol. The third-order valence-corrected chi connectivity index (χ3v) is 1.86. The van der Waals surface area contributed by atoms with Gasteiger partial charge in [0.05, 0.1) is 17.7 Å². The molecule has 0 spiro atoms. The number of amides is 1. The van der Waals surface area contributed by atoms with Gasteiger partial charge in [0.2, 0.25) is 0 Å². The third kappa shape index (κ3) is 3.37. The highest BCUT2D eigenvalue weighted by atomic mass is 16.2. The maximum absolute atomic E-state index is 11.6. The van der Waals surface area contributed by atoms with Gasteiger partial charge in [-0.1, -0.05) is 11.8 Å². The second-order valence-electron chi connectivity index (χ2n) is 3.06. The lowest BCUT2D eigenvalue weighted by molar-refractivity contribution is 0.0955. The van der Waals surface area contributed by atoms with Crippen molar-refractivity contribution >= 4 is 5.91 Å². The van der Waals surface area contributed by atoms with E-state index in [9.17, 15) is 4.79 Å². The Labute approximate surface area is 94.7 Å². The maximum atomic E-state index is 11.6. The molecule has 16 heavy (non-hydrogen) atoms. The Bertz CT molecular complexity index is 419. The quantitative estimate of drug-likeness (QED) is 0.729. The molecule has 1 aromatic rings. The molecule has 0 saturated heterocycles. The molecule has 1 amide bonds. The van der Waals surface area contributed by atoms with Crippen LogP contribution >= 0.6 is 0 Å². The zero-order chi connectivity index (χ0) is 11.8. The number of carbonyl (C=O) groups excluding carboxylic acids is 1. The van der Waals surface area contributed by atoms with Gasteiger partial charge in [0.25, 0.3) is 5.91 Å². The summed E-state index contributed by atoms with van der Waals surface area (Å²) in [5, 5.41) is 11.3. The van der Waals surface area contributed by atoms with Gasteiger partial charge >= 0.3 is 0 Å². The molecule has 0 aliphatic heterocycles. The van der Waals surface area contributed by atoms with Gasteiger partial charge in [0.15, 0.2) is 0 Å². The van der Waals surface area contributed by atoms with E-state index in [2.05, 4.69) is 22.1 Å². The van der Waals surface area contributed by atoms with Crippen LogP contribution in [0.15, 0.2) is 18.5 Å². The van der Waals surface area contributed by atoms with Crippen molar-refractivity contribution in [3.05, 3.63) is 29.6 Å². The number of nitrogens with zero attached hydrogens (tertiary/aromatic N) is 1. The van der Waals surface area contributed by atoms with Crippen molar-refractivity contribution in [2.24, 2.45) is 0 Å².